The lowest BCUT2D eigenvalue weighted by Crippen LogP contribution is -2.20. The zero-order chi connectivity index (χ0) is 22.9. The highest BCUT2D eigenvalue weighted by atomic mass is 16.5. The molecule has 1 aliphatic carbocycles. The van der Waals surface area contributed by atoms with Crippen molar-refractivity contribution in [2.24, 2.45) is 11.8 Å². The van der Waals surface area contributed by atoms with Gasteiger partial charge in [-0.3, -0.25) is 0 Å². The zero-order valence-electron chi connectivity index (χ0n) is 21.2. The largest absolute Gasteiger partial charge is 0.373 e. The van der Waals surface area contributed by atoms with Crippen molar-refractivity contribution in [2.75, 3.05) is 6.61 Å². The second-order valence-corrected chi connectivity index (χ2v) is 10.9. The molecular weight excluding hydrogens is 400 g/mol. The van der Waals surface area contributed by atoms with Crippen LogP contribution >= 0.6 is 0 Å². The monoisotopic (exact) mass is 446 g/mol. The lowest BCUT2D eigenvalue weighted by Gasteiger charge is -2.29. The Labute approximate surface area is 203 Å². The average Bonchev–Trinajstić information content (AvgIpc) is 2.89. The van der Waals surface area contributed by atoms with E-state index in [1.54, 1.807) is 5.56 Å². The van der Waals surface area contributed by atoms with E-state index in [2.05, 4.69) is 62.4 Å². The molecule has 1 heterocycles. The van der Waals surface area contributed by atoms with E-state index in [1.165, 1.54) is 100 Å². The van der Waals surface area contributed by atoms with E-state index in [-0.39, 0.29) is 6.10 Å². The minimum atomic E-state index is 0.288. The molecule has 1 heteroatoms. The van der Waals surface area contributed by atoms with Crippen molar-refractivity contribution in [3.63, 3.8) is 0 Å². The predicted molar refractivity (Wildman–Crippen MR) is 142 cm³/mol. The molecule has 1 saturated carbocycles. The SMILES string of the molecule is CCCCCC1CCC(c2ccc(-c3ccc(C4CCC(CCCC)CC4)cc3)cc2)OC1. The first-order valence-electron chi connectivity index (χ1n) is 14.1. The van der Waals surface area contributed by atoms with Crippen LogP contribution in [-0.2, 0) is 4.74 Å². The fraction of sp³-hybridized carbons (Fsp3) is 0.625. The molecule has 2 fully saturated rings. The van der Waals surface area contributed by atoms with Gasteiger partial charge >= 0.3 is 0 Å². The number of benzene rings is 2. The summed E-state index contributed by atoms with van der Waals surface area (Å²) in [7, 11) is 0. The molecular formula is C32H46O. The van der Waals surface area contributed by atoms with E-state index >= 15 is 0 Å². The minimum absolute atomic E-state index is 0.288. The van der Waals surface area contributed by atoms with E-state index in [0.29, 0.717) is 0 Å². The van der Waals surface area contributed by atoms with Crippen molar-refractivity contribution in [3.05, 3.63) is 59.7 Å². The van der Waals surface area contributed by atoms with E-state index in [9.17, 15) is 0 Å². The smallest absolute Gasteiger partial charge is 0.0825 e. The Morgan fingerprint density at radius 3 is 1.76 bits per heavy atom. The predicted octanol–water partition coefficient (Wildman–Crippen LogP) is 9.87. The molecule has 2 aliphatic rings. The zero-order valence-corrected chi connectivity index (χ0v) is 21.2. The van der Waals surface area contributed by atoms with Gasteiger partial charge in [0.1, 0.15) is 0 Å². The van der Waals surface area contributed by atoms with Gasteiger partial charge in [0.15, 0.2) is 0 Å². The van der Waals surface area contributed by atoms with Crippen molar-refractivity contribution in [3.8, 4) is 11.1 Å². The Kier molecular flexibility index (Phi) is 9.47. The summed E-state index contributed by atoms with van der Waals surface area (Å²) in [6.07, 6.45) is 18.0. The highest BCUT2D eigenvalue weighted by molar-refractivity contribution is 5.64. The second-order valence-electron chi connectivity index (χ2n) is 10.9. The molecule has 0 radical (unpaired) electrons. The molecule has 0 N–H and O–H groups in total. The molecule has 0 spiro atoms. The molecule has 0 aromatic heterocycles. The summed E-state index contributed by atoms with van der Waals surface area (Å²) < 4.78 is 6.26. The Hall–Kier alpha value is -1.60. The quantitative estimate of drug-likeness (QED) is 0.330. The van der Waals surface area contributed by atoms with Gasteiger partial charge in [0.25, 0.3) is 0 Å². The Morgan fingerprint density at radius 2 is 1.18 bits per heavy atom. The summed E-state index contributed by atoms with van der Waals surface area (Å²) in [5.41, 5.74) is 5.56. The van der Waals surface area contributed by atoms with E-state index < -0.39 is 0 Å². The molecule has 2 unspecified atom stereocenters. The Morgan fingerprint density at radius 1 is 0.606 bits per heavy atom. The first-order chi connectivity index (χ1) is 16.3. The minimum Gasteiger partial charge on any atom is -0.373 e. The van der Waals surface area contributed by atoms with Crippen LogP contribution in [0.2, 0.25) is 0 Å². The number of rotatable bonds is 10. The summed E-state index contributed by atoms with van der Waals surface area (Å²) in [6.45, 7) is 5.54. The van der Waals surface area contributed by atoms with Gasteiger partial charge in [0, 0.05) is 0 Å². The molecule has 1 saturated heterocycles. The van der Waals surface area contributed by atoms with Crippen molar-refractivity contribution < 1.29 is 4.74 Å². The Bertz CT molecular complexity index is 789. The molecule has 0 amide bonds. The average molecular weight is 447 g/mol. The van der Waals surface area contributed by atoms with Crippen LogP contribution in [0.5, 0.6) is 0 Å². The number of ether oxygens (including phenoxy) is 1. The van der Waals surface area contributed by atoms with Gasteiger partial charge in [0.2, 0.25) is 0 Å². The van der Waals surface area contributed by atoms with Crippen LogP contribution in [0.15, 0.2) is 48.5 Å². The maximum absolute atomic E-state index is 6.26. The highest BCUT2D eigenvalue weighted by Gasteiger charge is 2.23. The molecule has 2 aromatic carbocycles. The van der Waals surface area contributed by atoms with Crippen molar-refractivity contribution in [1.29, 1.82) is 0 Å². The van der Waals surface area contributed by atoms with Crippen LogP contribution in [0.4, 0.5) is 0 Å². The molecule has 1 aliphatic heterocycles. The van der Waals surface area contributed by atoms with Gasteiger partial charge in [-0.25, -0.2) is 0 Å². The Balaban J connectivity index is 1.27. The number of hydrogen-bond donors (Lipinski definition) is 0. The first-order valence-corrected chi connectivity index (χ1v) is 14.1. The molecule has 33 heavy (non-hydrogen) atoms. The fourth-order valence-corrected chi connectivity index (χ4v) is 6.09. The fourth-order valence-electron chi connectivity index (χ4n) is 6.09. The van der Waals surface area contributed by atoms with Gasteiger partial charge in [0.05, 0.1) is 12.7 Å². The van der Waals surface area contributed by atoms with E-state index in [0.717, 1.165) is 24.4 Å². The van der Waals surface area contributed by atoms with Crippen molar-refractivity contribution >= 4 is 0 Å². The molecule has 180 valence electrons. The van der Waals surface area contributed by atoms with E-state index in [4.69, 9.17) is 4.74 Å². The summed E-state index contributed by atoms with van der Waals surface area (Å²) in [5, 5.41) is 0. The van der Waals surface area contributed by atoms with Crippen LogP contribution in [0.25, 0.3) is 11.1 Å². The number of hydrogen-bond acceptors (Lipinski definition) is 1. The third-order valence-corrected chi connectivity index (χ3v) is 8.40. The highest BCUT2D eigenvalue weighted by Crippen LogP contribution is 2.38. The van der Waals surface area contributed by atoms with Crippen LogP contribution in [0.1, 0.15) is 120 Å². The maximum atomic E-state index is 6.26. The van der Waals surface area contributed by atoms with Crippen LogP contribution in [0, 0.1) is 11.8 Å². The summed E-state index contributed by atoms with van der Waals surface area (Å²) in [5.74, 6) is 2.53. The molecule has 0 bridgehead atoms. The molecule has 2 atom stereocenters. The van der Waals surface area contributed by atoms with Gasteiger partial charge in [-0.15, -0.1) is 0 Å². The first kappa shape index (κ1) is 24.5. The van der Waals surface area contributed by atoms with Gasteiger partial charge < -0.3 is 4.74 Å². The second kappa shape index (κ2) is 12.7. The number of unbranched alkanes of at least 4 members (excludes halogenated alkanes) is 3. The van der Waals surface area contributed by atoms with Crippen LogP contribution in [-0.4, -0.2) is 6.61 Å². The van der Waals surface area contributed by atoms with Crippen molar-refractivity contribution in [1.82, 2.24) is 0 Å². The lowest BCUT2D eigenvalue weighted by molar-refractivity contribution is -0.0198. The van der Waals surface area contributed by atoms with Crippen molar-refractivity contribution in [2.45, 2.75) is 109 Å². The summed E-state index contributed by atoms with van der Waals surface area (Å²) >= 11 is 0. The van der Waals surface area contributed by atoms with Gasteiger partial charge in [-0.1, -0.05) is 101 Å². The standard InChI is InChI=1S/C32H46O/c1-3-5-7-9-26-12-23-32(33-24-26)31-21-19-30(20-22-31)29-17-15-28(16-18-29)27-13-10-25(11-14-27)8-6-4-2/h15-22,25-27,32H,3-14,23-24H2,1-2H3. The summed E-state index contributed by atoms with van der Waals surface area (Å²) in [6, 6.07) is 18.6. The topological polar surface area (TPSA) is 9.23 Å². The third kappa shape index (κ3) is 6.95. The van der Waals surface area contributed by atoms with Gasteiger partial charge in [-0.2, -0.15) is 0 Å². The van der Waals surface area contributed by atoms with Gasteiger partial charge in [-0.05, 0) is 85.0 Å². The summed E-state index contributed by atoms with van der Waals surface area (Å²) in [4.78, 5) is 0. The third-order valence-electron chi connectivity index (χ3n) is 8.40. The van der Waals surface area contributed by atoms with E-state index in [1.807, 2.05) is 0 Å². The molecule has 2 aromatic rings. The lowest BCUT2D eigenvalue weighted by atomic mass is 9.77. The van der Waals surface area contributed by atoms with Crippen LogP contribution < -0.4 is 0 Å². The van der Waals surface area contributed by atoms with Crippen LogP contribution in [0.3, 0.4) is 0 Å². The normalized spacial score (nSPS) is 25.8. The molecule has 1 nitrogen and oxygen atoms in total. The maximum Gasteiger partial charge on any atom is 0.0825 e. The molecule has 4 rings (SSSR count).